The number of phosphoric ester groups is 1. The third-order valence-corrected chi connectivity index (χ3v) is 5.83. The maximum Gasteiger partial charge on any atom is 0.472 e. The van der Waals surface area contributed by atoms with E-state index in [0.29, 0.717) is 6.42 Å². The summed E-state index contributed by atoms with van der Waals surface area (Å²) in [5, 5.41) is 9.14. The van der Waals surface area contributed by atoms with E-state index in [1.165, 1.54) is 76.8 Å². The van der Waals surface area contributed by atoms with Gasteiger partial charge in [0.15, 0.2) is 5.66 Å². The minimum Gasteiger partial charge on any atom is -0.479 e. The lowest BCUT2D eigenvalue weighted by Gasteiger charge is -2.31. The van der Waals surface area contributed by atoms with Crippen LogP contribution in [0.5, 0.6) is 0 Å². The predicted octanol–water partition coefficient (Wildman–Crippen LogP) is 4.12. The molecule has 0 radical (unpaired) electrons. The van der Waals surface area contributed by atoms with Gasteiger partial charge in [-0.2, -0.15) is 0 Å². The first-order valence-corrected chi connectivity index (χ1v) is 12.0. The molecule has 168 valence electrons. The predicted molar refractivity (Wildman–Crippen MR) is 111 cm³/mol. The minimum atomic E-state index is -4.32. The lowest BCUT2D eigenvalue weighted by molar-refractivity contribution is -0.152. The number of likely N-dealkylation sites (N-methyl/N-ethyl adjacent to an activating group) is 1. The number of rotatable bonds is 19. The largest absolute Gasteiger partial charge is 0.479 e. The van der Waals surface area contributed by atoms with Crippen molar-refractivity contribution in [1.82, 2.24) is 4.90 Å². The molecular weight excluding hydrogens is 383 g/mol. The molecule has 0 aliphatic carbocycles. The summed E-state index contributed by atoms with van der Waals surface area (Å²) in [6, 6.07) is 0. The van der Waals surface area contributed by atoms with Crippen LogP contribution in [0.4, 0.5) is 0 Å². The number of hydrogen-bond acceptors (Lipinski definition) is 6. The molecule has 0 fully saturated rings. The molecule has 0 rings (SSSR count). The molecule has 8 nitrogen and oxygen atoms in total. The first-order chi connectivity index (χ1) is 13.2. The van der Waals surface area contributed by atoms with Crippen molar-refractivity contribution in [3.05, 3.63) is 0 Å². The van der Waals surface area contributed by atoms with Crippen molar-refractivity contribution in [3.63, 3.8) is 0 Å². The van der Waals surface area contributed by atoms with Crippen LogP contribution in [0.2, 0.25) is 0 Å². The summed E-state index contributed by atoms with van der Waals surface area (Å²) >= 11 is 0. The van der Waals surface area contributed by atoms with E-state index in [1.807, 2.05) is 0 Å². The topological polar surface area (TPSA) is 122 Å². The van der Waals surface area contributed by atoms with Gasteiger partial charge < -0.3 is 15.7 Å². The van der Waals surface area contributed by atoms with Gasteiger partial charge in [0.1, 0.15) is 6.61 Å². The second-order valence-corrected chi connectivity index (χ2v) is 9.04. The van der Waals surface area contributed by atoms with Crippen LogP contribution in [0.25, 0.3) is 0 Å². The van der Waals surface area contributed by atoms with Gasteiger partial charge in [-0.05, 0) is 20.5 Å². The molecule has 2 atom stereocenters. The number of carboxylic acids is 1. The molecule has 0 aliphatic heterocycles. The molecule has 9 heteroatoms. The number of nitrogens with zero attached hydrogens (tertiary/aromatic N) is 1. The summed E-state index contributed by atoms with van der Waals surface area (Å²) in [5.74, 6) is -1.35. The number of aliphatic carboxylic acids is 1. The summed E-state index contributed by atoms with van der Waals surface area (Å²) < 4.78 is 21.5. The standard InChI is InChI=1S/C19H41N2O6P/c1-4-5-6-7-8-9-10-11-12-13-14-15-16-26-28(24,25)27-17-19(20,18(22)23)21(2)3/h4-17,20H2,1-3H3,(H,22,23)(H,24,25)/t19-/m1/s1. The van der Waals surface area contributed by atoms with Crippen molar-refractivity contribution in [3.8, 4) is 0 Å². The van der Waals surface area contributed by atoms with Crippen molar-refractivity contribution in [2.45, 2.75) is 89.6 Å². The Balaban J connectivity index is 3.71. The molecule has 28 heavy (non-hydrogen) atoms. The molecule has 0 spiro atoms. The molecule has 0 aliphatic rings. The molecule has 0 saturated carbocycles. The average Bonchev–Trinajstić information content (AvgIpc) is 2.63. The molecular formula is C19H41N2O6P. The Morgan fingerprint density at radius 1 is 0.929 bits per heavy atom. The van der Waals surface area contributed by atoms with Crippen LogP contribution in [0.1, 0.15) is 84.0 Å². The highest BCUT2D eigenvalue weighted by Gasteiger charge is 2.39. The van der Waals surface area contributed by atoms with Gasteiger partial charge in [0.05, 0.1) is 6.61 Å². The normalized spacial score (nSPS) is 16.1. The number of carbonyl (C=O) groups is 1. The van der Waals surface area contributed by atoms with Gasteiger partial charge in [-0.25, -0.2) is 9.36 Å². The zero-order valence-corrected chi connectivity index (χ0v) is 18.8. The van der Waals surface area contributed by atoms with E-state index in [0.717, 1.165) is 12.8 Å². The molecule has 0 heterocycles. The van der Waals surface area contributed by atoms with Crippen molar-refractivity contribution < 1.29 is 28.4 Å². The van der Waals surface area contributed by atoms with Crippen LogP contribution in [-0.2, 0) is 18.4 Å². The first-order valence-electron chi connectivity index (χ1n) is 10.5. The van der Waals surface area contributed by atoms with E-state index in [4.69, 9.17) is 19.9 Å². The monoisotopic (exact) mass is 424 g/mol. The molecule has 0 aromatic carbocycles. The summed E-state index contributed by atoms with van der Waals surface area (Å²) in [7, 11) is -1.42. The molecule has 0 saturated heterocycles. The Morgan fingerprint density at radius 2 is 1.36 bits per heavy atom. The van der Waals surface area contributed by atoms with Crippen LogP contribution >= 0.6 is 7.82 Å². The van der Waals surface area contributed by atoms with E-state index >= 15 is 0 Å². The van der Waals surface area contributed by atoms with Crippen LogP contribution < -0.4 is 5.73 Å². The Labute approximate surface area is 170 Å². The summed E-state index contributed by atoms with van der Waals surface area (Å²) in [6.45, 7) is 1.67. The van der Waals surface area contributed by atoms with Gasteiger partial charge in [-0.15, -0.1) is 0 Å². The number of carboxylic acid groups (broad SMARTS) is 1. The van der Waals surface area contributed by atoms with Crippen molar-refractivity contribution in [2.75, 3.05) is 27.3 Å². The fraction of sp³-hybridized carbons (Fsp3) is 0.947. The van der Waals surface area contributed by atoms with Gasteiger partial charge in [0.2, 0.25) is 0 Å². The maximum atomic E-state index is 11.9. The number of hydrogen-bond donors (Lipinski definition) is 3. The van der Waals surface area contributed by atoms with E-state index in [-0.39, 0.29) is 6.61 Å². The Kier molecular flexibility index (Phi) is 15.1. The van der Waals surface area contributed by atoms with Gasteiger partial charge in [0, 0.05) is 0 Å². The zero-order chi connectivity index (χ0) is 21.5. The highest BCUT2D eigenvalue weighted by Crippen LogP contribution is 2.44. The van der Waals surface area contributed by atoms with Crippen molar-refractivity contribution >= 4 is 13.8 Å². The SMILES string of the molecule is CCCCCCCCCCCCCCOP(=O)(O)OC[C@](N)(C(=O)O)N(C)C. The number of nitrogens with two attached hydrogens (primary N) is 1. The highest BCUT2D eigenvalue weighted by atomic mass is 31.2. The maximum absolute atomic E-state index is 11.9. The minimum absolute atomic E-state index is 0.0951. The summed E-state index contributed by atoms with van der Waals surface area (Å²) in [5.41, 5.74) is 3.79. The first kappa shape index (κ1) is 27.5. The lowest BCUT2D eigenvalue weighted by atomic mass is 10.1. The van der Waals surface area contributed by atoms with Crippen LogP contribution in [0.15, 0.2) is 0 Å². The van der Waals surface area contributed by atoms with Gasteiger partial charge in [-0.1, -0.05) is 77.6 Å². The second-order valence-electron chi connectivity index (χ2n) is 7.59. The van der Waals surface area contributed by atoms with E-state index in [1.54, 1.807) is 0 Å². The van der Waals surface area contributed by atoms with Crippen molar-refractivity contribution in [2.24, 2.45) is 5.73 Å². The molecule has 0 aromatic rings. The van der Waals surface area contributed by atoms with E-state index in [2.05, 4.69) is 6.92 Å². The van der Waals surface area contributed by atoms with Gasteiger partial charge in [-0.3, -0.25) is 13.9 Å². The Bertz CT molecular complexity index is 464. The third-order valence-electron chi connectivity index (χ3n) is 4.87. The summed E-state index contributed by atoms with van der Waals surface area (Å²) in [4.78, 5) is 22.1. The fourth-order valence-corrected chi connectivity index (χ4v) is 3.52. The summed E-state index contributed by atoms with van der Waals surface area (Å²) in [6.07, 6.45) is 14.3. The molecule has 1 unspecified atom stereocenters. The van der Waals surface area contributed by atoms with Crippen LogP contribution in [0, 0.1) is 0 Å². The van der Waals surface area contributed by atoms with Gasteiger partial charge in [0.25, 0.3) is 0 Å². The van der Waals surface area contributed by atoms with Crippen LogP contribution in [0.3, 0.4) is 0 Å². The molecule has 0 bridgehead atoms. The van der Waals surface area contributed by atoms with E-state index in [9.17, 15) is 14.3 Å². The highest BCUT2D eigenvalue weighted by molar-refractivity contribution is 7.47. The quantitative estimate of drug-likeness (QED) is 0.161. The smallest absolute Gasteiger partial charge is 0.472 e. The third kappa shape index (κ3) is 12.9. The molecule has 0 aromatic heterocycles. The van der Waals surface area contributed by atoms with E-state index < -0.39 is 26.1 Å². The second kappa shape index (κ2) is 15.4. The van der Waals surface area contributed by atoms with Crippen molar-refractivity contribution in [1.29, 1.82) is 0 Å². The average molecular weight is 425 g/mol. The Hall–Kier alpha value is -0.500. The molecule has 4 N–H and O–H groups in total. The number of unbranched alkanes of at least 4 members (excludes halogenated alkanes) is 11. The van der Waals surface area contributed by atoms with Crippen LogP contribution in [-0.4, -0.2) is 53.8 Å². The molecule has 0 amide bonds. The van der Waals surface area contributed by atoms with Gasteiger partial charge >= 0.3 is 13.8 Å². The lowest BCUT2D eigenvalue weighted by Crippen LogP contribution is -2.61. The Morgan fingerprint density at radius 3 is 1.75 bits per heavy atom. The zero-order valence-electron chi connectivity index (χ0n) is 17.9. The fourth-order valence-electron chi connectivity index (χ4n) is 2.72. The number of phosphoric acid groups is 1.